The van der Waals surface area contributed by atoms with Crippen LogP contribution >= 0.6 is 0 Å². The fraction of sp³-hybridized carbons (Fsp3) is 0.263. The fourth-order valence-electron chi connectivity index (χ4n) is 2.89. The zero-order chi connectivity index (χ0) is 16.2. The zero-order valence-corrected chi connectivity index (χ0v) is 12.8. The average molecular weight is 309 g/mol. The molecule has 0 aliphatic heterocycles. The van der Waals surface area contributed by atoms with Gasteiger partial charge < -0.3 is 10.4 Å². The fourth-order valence-corrected chi connectivity index (χ4v) is 2.89. The molecule has 4 nitrogen and oxygen atoms in total. The van der Waals surface area contributed by atoms with Crippen LogP contribution in [0.5, 0.6) is 0 Å². The number of nitrogens with one attached hydrogen (secondary N) is 1. The molecule has 1 aliphatic carbocycles. The van der Waals surface area contributed by atoms with Crippen LogP contribution in [0.15, 0.2) is 48.5 Å². The molecule has 0 aromatic heterocycles. The van der Waals surface area contributed by atoms with Crippen LogP contribution in [0.4, 0.5) is 5.69 Å². The van der Waals surface area contributed by atoms with Gasteiger partial charge in [0.1, 0.15) is 0 Å². The van der Waals surface area contributed by atoms with Gasteiger partial charge in [0.25, 0.3) is 0 Å². The van der Waals surface area contributed by atoms with Gasteiger partial charge in [0.2, 0.25) is 5.91 Å². The highest BCUT2D eigenvalue weighted by Crippen LogP contribution is 2.25. The Morgan fingerprint density at radius 3 is 2.70 bits per heavy atom. The Labute approximate surface area is 135 Å². The van der Waals surface area contributed by atoms with Crippen molar-refractivity contribution in [2.45, 2.75) is 31.8 Å². The number of carbonyl (C=O) groups is 2. The molecule has 0 heterocycles. The quantitative estimate of drug-likeness (QED) is 0.911. The normalized spacial score (nSPS) is 14.9. The molecule has 118 valence electrons. The second-order valence-corrected chi connectivity index (χ2v) is 5.83. The van der Waals surface area contributed by atoms with Crippen LogP contribution in [-0.2, 0) is 11.2 Å². The van der Waals surface area contributed by atoms with E-state index in [1.54, 1.807) is 18.2 Å². The van der Waals surface area contributed by atoms with Crippen molar-refractivity contribution in [3.63, 3.8) is 0 Å². The van der Waals surface area contributed by atoms with E-state index in [1.165, 1.54) is 0 Å². The summed E-state index contributed by atoms with van der Waals surface area (Å²) in [7, 11) is 0. The summed E-state index contributed by atoms with van der Waals surface area (Å²) in [6.45, 7) is 0. The number of benzene rings is 2. The third-order valence-electron chi connectivity index (χ3n) is 4.11. The van der Waals surface area contributed by atoms with Crippen molar-refractivity contribution in [1.82, 2.24) is 0 Å². The summed E-state index contributed by atoms with van der Waals surface area (Å²) >= 11 is 0. The first-order valence-corrected chi connectivity index (χ1v) is 7.82. The molecule has 2 aromatic rings. The van der Waals surface area contributed by atoms with Crippen LogP contribution in [0, 0.1) is 0 Å². The monoisotopic (exact) mass is 309 g/mol. The van der Waals surface area contributed by atoms with Gasteiger partial charge in [0.05, 0.1) is 12.5 Å². The predicted octanol–water partition coefficient (Wildman–Crippen LogP) is 3.27. The molecule has 1 aliphatic rings. The molecule has 2 aromatic carbocycles. The minimum absolute atomic E-state index is 0.0188. The number of rotatable bonds is 4. The third-order valence-corrected chi connectivity index (χ3v) is 4.11. The van der Waals surface area contributed by atoms with Crippen molar-refractivity contribution in [3.8, 4) is 0 Å². The van der Waals surface area contributed by atoms with E-state index in [0.717, 1.165) is 18.4 Å². The highest BCUT2D eigenvalue weighted by atomic mass is 16.3. The number of hydrogen-bond donors (Lipinski definition) is 2. The third kappa shape index (κ3) is 3.66. The van der Waals surface area contributed by atoms with Crippen LogP contribution in [0.1, 0.15) is 46.9 Å². The van der Waals surface area contributed by atoms with Gasteiger partial charge in [0, 0.05) is 17.7 Å². The molecule has 0 fully saturated rings. The van der Waals surface area contributed by atoms with Gasteiger partial charge in [-0.3, -0.25) is 9.59 Å². The van der Waals surface area contributed by atoms with Crippen molar-refractivity contribution in [2.75, 3.05) is 5.32 Å². The van der Waals surface area contributed by atoms with Crippen molar-refractivity contribution in [3.05, 3.63) is 65.2 Å². The minimum atomic E-state index is -0.838. The van der Waals surface area contributed by atoms with Gasteiger partial charge in [0.15, 0.2) is 5.78 Å². The first kappa shape index (κ1) is 15.4. The molecule has 4 heteroatoms. The van der Waals surface area contributed by atoms with E-state index in [2.05, 4.69) is 5.32 Å². The van der Waals surface area contributed by atoms with Crippen molar-refractivity contribution in [2.24, 2.45) is 0 Å². The lowest BCUT2D eigenvalue weighted by Crippen LogP contribution is -2.17. The van der Waals surface area contributed by atoms with Crippen molar-refractivity contribution < 1.29 is 14.7 Å². The second-order valence-electron chi connectivity index (χ2n) is 5.83. The Hall–Kier alpha value is -2.46. The lowest BCUT2D eigenvalue weighted by molar-refractivity contribution is -0.118. The number of ketones is 1. The zero-order valence-electron chi connectivity index (χ0n) is 12.8. The van der Waals surface area contributed by atoms with Crippen LogP contribution in [0.2, 0.25) is 0 Å². The topological polar surface area (TPSA) is 66.4 Å². The molecule has 3 rings (SSSR count). The Kier molecular flexibility index (Phi) is 4.53. The van der Waals surface area contributed by atoms with Crippen LogP contribution in [0.3, 0.4) is 0 Å². The number of Topliss-reactive ketones (excluding diaryl/α,β-unsaturated/α-hetero) is 1. The highest BCUT2D eigenvalue weighted by Gasteiger charge is 2.18. The Morgan fingerprint density at radius 1 is 1.13 bits per heavy atom. The summed E-state index contributed by atoms with van der Waals surface area (Å²) in [6, 6.07) is 14.5. The molecule has 0 radical (unpaired) electrons. The molecule has 0 saturated carbocycles. The molecule has 0 saturated heterocycles. The number of aryl methyl sites for hydroxylation is 1. The van der Waals surface area contributed by atoms with Gasteiger partial charge in [-0.25, -0.2) is 0 Å². The number of hydrogen-bond acceptors (Lipinski definition) is 3. The largest absolute Gasteiger partial charge is 0.388 e. The highest BCUT2D eigenvalue weighted by molar-refractivity contribution is 6.00. The molecule has 0 spiro atoms. The molecule has 1 unspecified atom stereocenters. The summed E-state index contributed by atoms with van der Waals surface area (Å²) in [5, 5.41) is 12.9. The first-order chi connectivity index (χ1) is 11.1. The molecule has 0 bridgehead atoms. The Bertz CT molecular complexity index is 725. The molecular weight excluding hydrogens is 290 g/mol. The average Bonchev–Trinajstić information content (AvgIpc) is 2.56. The summed E-state index contributed by atoms with van der Waals surface area (Å²) in [6.07, 6.45) is 1.50. The van der Waals surface area contributed by atoms with E-state index < -0.39 is 6.10 Å². The molecule has 2 N–H and O–H groups in total. The van der Waals surface area contributed by atoms with E-state index in [9.17, 15) is 14.7 Å². The summed E-state index contributed by atoms with van der Waals surface area (Å²) < 4.78 is 0. The van der Waals surface area contributed by atoms with Crippen LogP contribution < -0.4 is 5.32 Å². The summed E-state index contributed by atoms with van der Waals surface area (Å²) in [5.74, 6) is -0.142. The first-order valence-electron chi connectivity index (χ1n) is 7.82. The SMILES string of the molecule is O=C(CC(O)c1ccccc1)Nc1ccc2c(c1)C(=O)CCC2. The lowest BCUT2D eigenvalue weighted by atomic mass is 9.90. The number of fused-ring (bicyclic) bond motifs is 1. The van der Waals surface area contributed by atoms with Gasteiger partial charge in [-0.2, -0.15) is 0 Å². The van der Waals surface area contributed by atoms with E-state index in [-0.39, 0.29) is 18.1 Å². The summed E-state index contributed by atoms with van der Waals surface area (Å²) in [4.78, 5) is 24.0. The lowest BCUT2D eigenvalue weighted by Gasteiger charge is -2.16. The molecule has 1 atom stereocenters. The maximum absolute atomic E-state index is 12.1. The second kappa shape index (κ2) is 6.75. The molecule has 23 heavy (non-hydrogen) atoms. The van der Waals surface area contributed by atoms with Gasteiger partial charge in [-0.1, -0.05) is 36.4 Å². The minimum Gasteiger partial charge on any atom is -0.388 e. The van der Waals surface area contributed by atoms with E-state index in [1.807, 2.05) is 30.3 Å². The molecule has 1 amide bonds. The summed E-state index contributed by atoms with van der Waals surface area (Å²) in [5.41, 5.74) is 3.06. The van der Waals surface area contributed by atoms with E-state index in [0.29, 0.717) is 23.2 Å². The maximum Gasteiger partial charge on any atom is 0.227 e. The van der Waals surface area contributed by atoms with Crippen LogP contribution in [0.25, 0.3) is 0 Å². The van der Waals surface area contributed by atoms with Crippen LogP contribution in [-0.4, -0.2) is 16.8 Å². The van der Waals surface area contributed by atoms with Crippen molar-refractivity contribution >= 4 is 17.4 Å². The number of carbonyl (C=O) groups excluding carboxylic acids is 2. The standard InChI is InChI=1S/C19H19NO3/c21-17-8-4-7-13-9-10-15(11-16(13)17)20-19(23)12-18(22)14-5-2-1-3-6-14/h1-3,5-6,9-11,18,22H,4,7-8,12H2,(H,20,23). The Balaban J connectivity index is 1.66. The number of aliphatic hydroxyl groups excluding tert-OH is 1. The predicted molar refractivity (Wildman–Crippen MR) is 88.4 cm³/mol. The van der Waals surface area contributed by atoms with E-state index in [4.69, 9.17) is 0 Å². The van der Waals surface area contributed by atoms with Gasteiger partial charge in [-0.15, -0.1) is 0 Å². The smallest absolute Gasteiger partial charge is 0.227 e. The van der Waals surface area contributed by atoms with Gasteiger partial charge in [-0.05, 0) is 36.1 Å². The number of amides is 1. The maximum atomic E-state index is 12.1. The Morgan fingerprint density at radius 2 is 1.91 bits per heavy atom. The van der Waals surface area contributed by atoms with E-state index >= 15 is 0 Å². The number of aliphatic hydroxyl groups is 1. The molecular formula is C19H19NO3. The van der Waals surface area contributed by atoms with Gasteiger partial charge >= 0.3 is 0 Å². The number of anilines is 1. The van der Waals surface area contributed by atoms with Crippen molar-refractivity contribution in [1.29, 1.82) is 0 Å².